The van der Waals surface area contributed by atoms with Crippen LogP contribution in [0.4, 0.5) is 0 Å². The fourth-order valence-corrected chi connectivity index (χ4v) is 4.97. The molecule has 0 radical (unpaired) electrons. The Labute approximate surface area is 190 Å². The van der Waals surface area contributed by atoms with E-state index in [1.165, 1.54) is 16.9 Å². The Bertz CT molecular complexity index is 1350. The first-order valence-corrected chi connectivity index (χ1v) is 11.2. The molecule has 0 unspecified atom stereocenters. The molecule has 0 saturated heterocycles. The molecule has 0 fully saturated rings. The molecule has 0 aliphatic rings. The molecule has 0 aliphatic carbocycles. The summed E-state index contributed by atoms with van der Waals surface area (Å²) in [5.41, 5.74) is 4.99. The number of aromatic nitrogens is 1. The van der Waals surface area contributed by atoms with Gasteiger partial charge in [0.15, 0.2) is 10.6 Å². The van der Waals surface area contributed by atoms with Crippen molar-refractivity contribution in [2.24, 2.45) is 4.99 Å². The minimum atomic E-state index is -0.337. The van der Waals surface area contributed by atoms with E-state index in [1.54, 1.807) is 43.5 Å². The maximum absolute atomic E-state index is 12.9. The van der Waals surface area contributed by atoms with Crippen molar-refractivity contribution in [3.63, 3.8) is 0 Å². The van der Waals surface area contributed by atoms with Crippen LogP contribution in [-0.2, 0) is 11.3 Å². The number of amides is 1. The predicted molar refractivity (Wildman–Crippen MR) is 127 cm³/mol. The maximum atomic E-state index is 12.9. The molecule has 0 N–H and O–H groups in total. The summed E-state index contributed by atoms with van der Waals surface area (Å²) < 4.78 is 8.41. The number of carbonyl (C=O) groups excluding carboxylic acids is 2. The predicted octanol–water partition coefficient (Wildman–Crippen LogP) is 4.94. The van der Waals surface area contributed by atoms with Crippen LogP contribution >= 0.6 is 11.3 Å². The van der Waals surface area contributed by atoms with Gasteiger partial charge in [-0.1, -0.05) is 59.9 Å². The van der Waals surface area contributed by atoms with Crippen molar-refractivity contribution in [2.45, 2.75) is 20.4 Å². The second kappa shape index (κ2) is 9.42. The molecule has 1 heterocycles. The van der Waals surface area contributed by atoms with Crippen molar-refractivity contribution in [1.29, 1.82) is 0 Å². The molecule has 32 heavy (non-hydrogen) atoms. The van der Waals surface area contributed by atoms with Crippen molar-refractivity contribution in [2.75, 3.05) is 13.7 Å². The highest BCUT2D eigenvalue weighted by molar-refractivity contribution is 7.16. The molecule has 1 amide bonds. The van der Waals surface area contributed by atoms with Gasteiger partial charge in [-0.2, -0.15) is 4.99 Å². The average molecular weight is 445 g/mol. The van der Waals surface area contributed by atoms with Crippen molar-refractivity contribution in [3.05, 3.63) is 99.3 Å². The third-order valence-corrected chi connectivity index (χ3v) is 6.28. The summed E-state index contributed by atoms with van der Waals surface area (Å²) in [4.78, 5) is 30.6. The molecular weight excluding hydrogens is 420 g/mol. The molecule has 4 aromatic rings. The van der Waals surface area contributed by atoms with Gasteiger partial charge in [-0.05, 0) is 43.2 Å². The zero-order valence-electron chi connectivity index (χ0n) is 18.3. The lowest BCUT2D eigenvalue weighted by Gasteiger charge is -2.07. The molecule has 4 rings (SSSR count). The van der Waals surface area contributed by atoms with E-state index in [0.717, 1.165) is 15.8 Å². The molecule has 3 aromatic carbocycles. The fourth-order valence-electron chi connectivity index (χ4n) is 3.74. The first-order valence-electron chi connectivity index (χ1n) is 10.4. The minimum Gasteiger partial charge on any atom is -0.383 e. The van der Waals surface area contributed by atoms with Crippen LogP contribution in [0.2, 0.25) is 0 Å². The molecule has 0 saturated carbocycles. The third kappa shape index (κ3) is 4.47. The van der Waals surface area contributed by atoms with Crippen molar-refractivity contribution in [1.82, 2.24) is 4.57 Å². The Balaban J connectivity index is 1.69. The third-order valence-electron chi connectivity index (χ3n) is 5.26. The molecular formula is C26H24N2O3S. The van der Waals surface area contributed by atoms with E-state index in [4.69, 9.17) is 4.74 Å². The van der Waals surface area contributed by atoms with Gasteiger partial charge in [0.2, 0.25) is 0 Å². The van der Waals surface area contributed by atoms with Crippen molar-refractivity contribution in [3.8, 4) is 0 Å². The SMILES string of the molecule is COCCn1c(=NC(=O)c2ccc(C(=O)c3ccccc3)cc2)sc2cc(C)cc(C)c21. The van der Waals surface area contributed by atoms with Gasteiger partial charge in [0.05, 0.1) is 16.8 Å². The molecule has 6 heteroatoms. The first-order chi connectivity index (χ1) is 15.5. The van der Waals surface area contributed by atoms with Crippen LogP contribution in [0, 0.1) is 13.8 Å². The lowest BCUT2D eigenvalue weighted by atomic mass is 10.0. The number of fused-ring (bicyclic) bond motifs is 1. The van der Waals surface area contributed by atoms with E-state index in [1.807, 2.05) is 22.8 Å². The number of ketones is 1. The van der Waals surface area contributed by atoms with Crippen LogP contribution < -0.4 is 4.80 Å². The zero-order valence-corrected chi connectivity index (χ0v) is 19.1. The standard InChI is InChI=1S/C26H24N2O3S/c1-17-15-18(2)23-22(16-17)32-26(28(23)13-14-31-3)27-25(30)21-11-9-20(10-12-21)24(29)19-7-5-4-6-8-19/h4-12,15-16H,13-14H2,1-3H3. The second-order valence-electron chi connectivity index (χ2n) is 7.65. The van der Waals surface area contributed by atoms with E-state index in [2.05, 4.69) is 31.0 Å². The lowest BCUT2D eigenvalue weighted by Crippen LogP contribution is -2.19. The topological polar surface area (TPSA) is 60.7 Å². The highest BCUT2D eigenvalue weighted by Crippen LogP contribution is 2.23. The number of hydrogen-bond donors (Lipinski definition) is 0. The quantitative estimate of drug-likeness (QED) is 0.396. The summed E-state index contributed by atoms with van der Waals surface area (Å²) in [5.74, 6) is -0.412. The number of rotatable bonds is 6. The van der Waals surface area contributed by atoms with Gasteiger partial charge in [-0.25, -0.2) is 0 Å². The maximum Gasteiger partial charge on any atom is 0.279 e. The van der Waals surface area contributed by atoms with Gasteiger partial charge in [0, 0.05) is 30.3 Å². The van der Waals surface area contributed by atoms with Crippen LogP contribution in [0.5, 0.6) is 0 Å². The first kappa shape index (κ1) is 21.9. The van der Waals surface area contributed by atoms with Crippen LogP contribution in [-0.4, -0.2) is 30.0 Å². The number of methoxy groups -OCH3 is 1. The summed E-state index contributed by atoms with van der Waals surface area (Å²) in [6.45, 7) is 5.26. The summed E-state index contributed by atoms with van der Waals surface area (Å²) in [6.07, 6.45) is 0. The Kier molecular flexibility index (Phi) is 6.44. The Morgan fingerprint density at radius 1 is 0.938 bits per heavy atom. The normalized spacial score (nSPS) is 11.8. The van der Waals surface area contributed by atoms with E-state index in [0.29, 0.717) is 34.6 Å². The summed E-state index contributed by atoms with van der Waals surface area (Å²) in [6, 6.07) is 20.0. The summed E-state index contributed by atoms with van der Waals surface area (Å²) >= 11 is 1.50. The number of hydrogen-bond acceptors (Lipinski definition) is 4. The van der Waals surface area contributed by atoms with Gasteiger partial charge >= 0.3 is 0 Å². The molecule has 0 atom stereocenters. The molecule has 0 aliphatic heterocycles. The van der Waals surface area contributed by atoms with Gasteiger partial charge in [0.1, 0.15) is 0 Å². The van der Waals surface area contributed by atoms with Crippen LogP contribution in [0.15, 0.2) is 71.7 Å². The van der Waals surface area contributed by atoms with Crippen LogP contribution in [0.3, 0.4) is 0 Å². The second-order valence-corrected chi connectivity index (χ2v) is 8.66. The van der Waals surface area contributed by atoms with Gasteiger partial charge in [0.25, 0.3) is 5.91 Å². The van der Waals surface area contributed by atoms with E-state index < -0.39 is 0 Å². The fraction of sp³-hybridized carbons (Fsp3) is 0.192. The molecule has 1 aromatic heterocycles. The van der Waals surface area contributed by atoms with Gasteiger partial charge in [-0.3, -0.25) is 9.59 Å². The highest BCUT2D eigenvalue weighted by atomic mass is 32.1. The number of ether oxygens (including phenoxy) is 1. The van der Waals surface area contributed by atoms with Crippen molar-refractivity contribution >= 4 is 33.2 Å². The Hall–Kier alpha value is -3.35. The average Bonchev–Trinajstić information content (AvgIpc) is 3.14. The van der Waals surface area contributed by atoms with E-state index in [9.17, 15) is 9.59 Å². The number of carbonyl (C=O) groups is 2. The van der Waals surface area contributed by atoms with Crippen LogP contribution in [0.1, 0.15) is 37.4 Å². The monoisotopic (exact) mass is 444 g/mol. The Morgan fingerprint density at radius 3 is 2.28 bits per heavy atom. The molecule has 162 valence electrons. The smallest absolute Gasteiger partial charge is 0.279 e. The minimum absolute atomic E-state index is 0.0747. The van der Waals surface area contributed by atoms with Crippen LogP contribution in [0.25, 0.3) is 10.2 Å². The zero-order chi connectivity index (χ0) is 22.7. The van der Waals surface area contributed by atoms with Gasteiger partial charge in [-0.15, -0.1) is 0 Å². The number of thiazole rings is 1. The number of benzene rings is 3. The number of nitrogens with zero attached hydrogens (tertiary/aromatic N) is 2. The van der Waals surface area contributed by atoms with Gasteiger partial charge < -0.3 is 9.30 Å². The van der Waals surface area contributed by atoms with Crippen molar-refractivity contribution < 1.29 is 14.3 Å². The largest absolute Gasteiger partial charge is 0.383 e. The lowest BCUT2D eigenvalue weighted by molar-refractivity contribution is 0.0994. The summed E-state index contributed by atoms with van der Waals surface area (Å²) in [5, 5.41) is 0. The summed E-state index contributed by atoms with van der Waals surface area (Å²) in [7, 11) is 1.66. The highest BCUT2D eigenvalue weighted by Gasteiger charge is 2.13. The van der Waals surface area contributed by atoms with E-state index in [-0.39, 0.29) is 11.7 Å². The Morgan fingerprint density at radius 2 is 1.59 bits per heavy atom. The number of aryl methyl sites for hydroxylation is 2. The van der Waals surface area contributed by atoms with E-state index >= 15 is 0 Å². The molecule has 0 spiro atoms. The molecule has 5 nitrogen and oxygen atoms in total. The molecule has 0 bridgehead atoms.